The molecule has 2 fully saturated rings. The third-order valence-corrected chi connectivity index (χ3v) is 5.17. The van der Waals surface area contributed by atoms with Gasteiger partial charge in [-0.25, -0.2) is 0 Å². The summed E-state index contributed by atoms with van der Waals surface area (Å²) in [6, 6.07) is 3.44. The number of anilines is 1. The van der Waals surface area contributed by atoms with E-state index in [2.05, 4.69) is 15.7 Å². The fraction of sp³-hybridized carbons (Fsp3) is 0.444. The SMILES string of the molecule is Cn1cc(NC(=O)[C@H]2[C@@H](C(=O)O)[C@@H]3CC[C@H]2O3)c(C(=O)NCc2ccco2)n1. The van der Waals surface area contributed by atoms with Crippen LogP contribution in [0.1, 0.15) is 29.1 Å². The van der Waals surface area contributed by atoms with Gasteiger partial charge in [0.25, 0.3) is 5.91 Å². The highest BCUT2D eigenvalue weighted by Crippen LogP contribution is 2.44. The first kappa shape index (κ1) is 18.2. The van der Waals surface area contributed by atoms with Crippen molar-refractivity contribution in [1.82, 2.24) is 15.1 Å². The highest BCUT2D eigenvalue weighted by molar-refractivity contribution is 6.03. The lowest BCUT2D eigenvalue weighted by molar-refractivity contribution is -0.147. The minimum absolute atomic E-state index is 0.0401. The lowest BCUT2D eigenvalue weighted by Crippen LogP contribution is -2.41. The van der Waals surface area contributed by atoms with Gasteiger partial charge in [-0.2, -0.15) is 5.10 Å². The van der Waals surface area contributed by atoms with E-state index in [0.29, 0.717) is 18.6 Å². The zero-order valence-corrected chi connectivity index (χ0v) is 15.1. The maximum atomic E-state index is 12.8. The van der Waals surface area contributed by atoms with Crippen LogP contribution in [0.3, 0.4) is 0 Å². The second-order valence-electron chi connectivity index (χ2n) is 7.00. The second-order valence-corrected chi connectivity index (χ2v) is 7.00. The summed E-state index contributed by atoms with van der Waals surface area (Å²) in [5.74, 6) is -3.10. The van der Waals surface area contributed by atoms with Crippen molar-refractivity contribution in [3.8, 4) is 0 Å². The number of carboxylic acids is 1. The lowest BCUT2D eigenvalue weighted by atomic mass is 9.78. The summed E-state index contributed by atoms with van der Waals surface area (Å²) in [5.41, 5.74) is 0.259. The molecule has 0 aromatic carbocycles. The predicted molar refractivity (Wildman–Crippen MR) is 94.2 cm³/mol. The van der Waals surface area contributed by atoms with Gasteiger partial charge in [0.1, 0.15) is 5.76 Å². The van der Waals surface area contributed by atoms with Gasteiger partial charge in [0.05, 0.1) is 42.5 Å². The van der Waals surface area contributed by atoms with Gasteiger partial charge in [-0.3, -0.25) is 19.1 Å². The molecule has 2 aliphatic rings. The highest BCUT2D eigenvalue weighted by Gasteiger charge is 2.55. The van der Waals surface area contributed by atoms with E-state index >= 15 is 0 Å². The van der Waals surface area contributed by atoms with E-state index in [4.69, 9.17) is 9.15 Å². The Bertz CT molecular complexity index is 905. The Morgan fingerprint density at radius 3 is 2.71 bits per heavy atom. The molecule has 2 aliphatic heterocycles. The number of amides is 2. The Morgan fingerprint density at radius 1 is 1.29 bits per heavy atom. The second kappa shape index (κ2) is 7.12. The number of aromatic nitrogens is 2. The zero-order chi connectivity index (χ0) is 19.8. The van der Waals surface area contributed by atoms with Crippen LogP contribution in [0, 0.1) is 11.8 Å². The number of carboxylic acid groups (broad SMARTS) is 1. The topological polar surface area (TPSA) is 136 Å². The summed E-state index contributed by atoms with van der Waals surface area (Å²) in [4.78, 5) is 36.9. The molecule has 0 radical (unpaired) electrons. The number of aliphatic carboxylic acids is 1. The van der Waals surface area contributed by atoms with Crippen molar-refractivity contribution >= 4 is 23.5 Å². The molecule has 10 heteroatoms. The number of carbonyl (C=O) groups is 3. The summed E-state index contributed by atoms with van der Waals surface area (Å²) in [7, 11) is 1.62. The van der Waals surface area contributed by atoms with Crippen molar-refractivity contribution in [3.05, 3.63) is 36.0 Å². The van der Waals surface area contributed by atoms with Crippen LogP contribution in [0.5, 0.6) is 0 Å². The number of nitrogens with zero attached hydrogens (tertiary/aromatic N) is 2. The molecule has 2 saturated heterocycles. The number of aryl methyl sites for hydroxylation is 1. The first-order valence-corrected chi connectivity index (χ1v) is 8.97. The fourth-order valence-electron chi connectivity index (χ4n) is 3.95. The summed E-state index contributed by atoms with van der Waals surface area (Å²) < 4.78 is 12.2. The number of ether oxygens (including phenoxy) is 1. The summed E-state index contributed by atoms with van der Waals surface area (Å²) in [6.45, 7) is 0.178. The number of hydrogen-bond acceptors (Lipinski definition) is 6. The molecule has 2 amide bonds. The lowest BCUT2D eigenvalue weighted by Gasteiger charge is -2.23. The molecule has 2 aromatic rings. The van der Waals surface area contributed by atoms with Gasteiger partial charge in [0.2, 0.25) is 5.91 Å². The maximum Gasteiger partial charge on any atom is 0.310 e. The number of rotatable bonds is 6. The van der Waals surface area contributed by atoms with Gasteiger partial charge < -0.3 is 24.9 Å². The monoisotopic (exact) mass is 388 g/mol. The van der Waals surface area contributed by atoms with Crippen LogP contribution in [-0.2, 0) is 27.9 Å². The van der Waals surface area contributed by atoms with E-state index < -0.39 is 41.8 Å². The number of carbonyl (C=O) groups excluding carboxylic acids is 2. The Kier molecular flexibility index (Phi) is 4.63. The molecule has 4 atom stereocenters. The normalized spacial score (nSPS) is 25.6. The van der Waals surface area contributed by atoms with E-state index in [0.717, 1.165) is 0 Å². The van der Waals surface area contributed by atoms with Crippen molar-refractivity contribution in [2.24, 2.45) is 18.9 Å². The Morgan fingerprint density at radius 2 is 2.04 bits per heavy atom. The highest BCUT2D eigenvalue weighted by atomic mass is 16.5. The van der Waals surface area contributed by atoms with E-state index in [1.807, 2.05) is 0 Å². The van der Waals surface area contributed by atoms with Crippen LogP contribution in [0.25, 0.3) is 0 Å². The average molecular weight is 388 g/mol. The quantitative estimate of drug-likeness (QED) is 0.665. The molecule has 0 aliphatic carbocycles. The molecule has 28 heavy (non-hydrogen) atoms. The molecule has 2 bridgehead atoms. The third kappa shape index (κ3) is 3.26. The van der Waals surface area contributed by atoms with Crippen molar-refractivity contribution < 1.29 is 28.6 Å². The van der Waals surface area contributed by atoms with Gasteiger partial charge in [0.15, 0.2) is 5.69 Å². The van der Waals surface area contributed by atoms with E-state index in [9.17, 15) is 19.5 Å². The molecule has 0 spiro atoms. The molecule has 0 saturated carbocycles. The van der Waals surface area contributed by atoms with Gasteiger partial charge >= 0.3 is 5.97 Å². The van der Waals surface area contributed by atoms with Crippen LogP contribution < -0.4 is 10.6 Å². The maximum absolute atomic E-state index is 12.8. The largest absolute Gasteiger partial charge is 0.481 e. The van der Waals surface area contributed by atoms with E-state index in [1.165, 1.54) is 17.1 Å². The van der Waals surface area contributed by atoms with E-state index in [1.54, 1.807) is 19.2 Å². The third-order valence-electron chi connectivity index (χ3n) is 5.17. The smallest absolute Gasteiger partial charge is 0.310 e. The molecule has 2 aromatic heterocycles. The molecular formula is C18H20N4O6. The molecule has 4 heterocycles. The molecule has 0 unspecified atom stereocenters. The van der Waals surface area contributed by atoms with Gasteiger partial charge in [-0.05, 0) is 25.0 Å². The van der Waals surface area contributed by atoms with Crippen molar-refractivity contribution in [1.29, 1.82) is 0 Å². The Labute approximate surface area is 159 Å². The van der Waals surface area contributed by atoms with Gasteiger partial charge in [-0.1, -0.05) is 0 Å². The van der Waals surface area contributed by atoms with E-state index in [-0.39, 0.29) is 17.9 Å². The van der Waals surface area contributed by atoms with Crippen LogP contribution in [0.2, 0.25) is 0 Å². The number of hydrogen-bond donors (Lipinski definition) is 3. The minimum Gasteiger partial charge on any atom is -0.481 e. The molecular weight excluding hydrogens is 368 g/mol. The van der Waals surface area contributed by atoms with Crippen molar-refractivity contribution in [2.45, 2.75) is 31.6 Å². The fourth-order valence-corrected chi connectivity index (χ4v) is 3.95. The Hall–Kier alpha value is -3.14. The van der Waals surface area contributed by atoms with Crippen LogP contribution in [0.4, 0.5) is 5.69 Å². The summed E-state index contributed by atoms with van der Waals surface area (Å²) in [6.07, 6.45) is 3.44. The minimum atomic E-state index is -1.05. The number of fused-ring (bicyclic) bond motifs is 2. The Balaban J connectivity index is 1.48. The first-order chi connectivity index (χ1) is 13.4. The van der Waals surface area contributed by atoms with Crippen molar-refractivity contribution in [2.75, 3.05) is 5.32 Å². The van der Waals surface area contributed by atoms with Crippen LogP contribution in [0.15, 0.2) is 29.0 Å². The molecule has 3 N–H and O–H groups in total. The molecule has 10 nitrogen and oxygen atoms in total. The molecule has 148 valence electrons. The average Bonchev–Trinajstić information content (AvgIpc) is 3.43. The van der Waals surface area contributed by atoms with Crippen molar-refractivity contribution in [3.63, 3.8) is 0 Å². The van der Waals surface area contributed by atoms with Gasteiger partial charge in [-0.15, -0.1) is 0 Å². The predicted octanol–water partition coefficient (Wildman–Crippen LogP) is 0.760. The summed E-state index contributed by atoms with van der Waals surface area (Å²) >= 11 is 0. The van der Waals surface area contributed by atoms with Crippen LogP contribution >= 0.6 is 0 Å². The van der Waals surface area contributed by atoms with Gasteiger partial charge in [0, 0.05) is 13.2 Å². The number of furan rings is 1. The standard InChI is InChI=1S/C18H20N4O6/c1-22-8-10(15(21-22)17(24)19-7-9-3-2-6-27-9)20-16(23)13-11-4-5-12(28-11)14(13)18(25)26/h2-3,6,8,11-14H,4-5,7H2,1H3,(H,19,24)(H,20,23)(H,25,26)/t11-,12+,13-,14+/m1/s1. The zero-order valence-electron chi connectivity index (χ0n) is 15.1. The first-order valence-electron chi connectivity index (χ1n) is 8.97. The summed E-state index contributed by atoms with van der Waals surface area (Å²) in [5, 5.41) is 18.9. The van der Waals surface area contributed by atoms with Crippen LogP contribution in [-0.4, -0.2) is 44.9 Å². The number of nitrogens with one attached hydrogen (secondary N) is 2. The molecule has 4 rings (SSSR count).